The predicted molar refractivity (Wildman–Crippen MR) is 96.8 cm³/mol. The Morgan fingerprint density at radius 2 is 1.80 bits per heavy atom. The van der Waals surface area contributed by atoms with Crippen molar-refractivity contribution in [3.8, 4) is 11.1 Å². The van der Waals surface area contributed by atoms with Gasteiger partial charge in [-0.2, -0.15) is 0 Å². The third-order valence-electron chi connectivity index (χ3n) is 4.03. The Morgan fingerprint density at radius 3 is 2.32 bits per heavy atom. The lowest BCUT2D eigenvalue weighted by Gasteiger charge is -2.19. The van der Waals surface area contributed by atoms with Gasteiger partial charge in [0.1, 0.15) is 5.82 Å². The molecule has 2 rings (SSSR count). The second-order valence-corrected chi connectivity index (χ2v) is 6.86. The van der Waals surface area contributed by atoms with Crippen LogP contribution in [0.4, 0.5) is 4.39 Å². The number of carboxylic acid groups (broad SMARTS) is 1. The number of carbonyl (C=O) groups is 1. The lowest BCUT2D eigenvalue weighted by Crippen LogP contribution is -2.18. The van der Waals surface area contributed by atoms with E-state index in [0.29, 0.717) is 10.6 Å². The van der Waals surface area contributed by atoms with Crippen molar-refractivity contribution >= 4 is 26.2 Å². The number of halogens is 2. The van der Waals surface area contributed by atoms with Crippen molar-refractivity contribution in [3.05, 3.63) is 57.4 Å². The molecule has 0 spiro atoms. The molecule has 0 saturated carbocycles. The molecule has 2 aromatic carbocycles. The highest BCUT2D eigenvalue weighted by Gasteiger charge is 2.22. The molecule has 0 saturated heterocycles. The van der Waals surface area contributed by atoms with Gasteiger partial charge >= 0.3 is 5.97 Å². The Hall–Kier alpha value is -1.81. The number of aliphatic carboxylic acids is 1. The van der Waals surface area contributed by atoms with Gasteiger partial charge in [0, 0.05) is 10.6 Å². The molecule has 0 aliphatic carbocycles. The molecular formula is C18H18ClFNO3P. The molecule has 0 heterocycles. The molecule has 0 bridgehead atoms. The predicted octanol–water partition coefficient (Wildman–Crippen LogP) is 5.38. The summed E-state index contributed by atoms with van der Waals surface area (Å²) in [6, 6.07) is 6.08. The lowest BCUT2D eigenvalue weighted by atomic mass is 9.91. The number of carboxylic acids is 1. The summed E-state index contributed by atoms with van der Waals surface area (Å²) < 4.78 is 25.6. The van der Waals surface area contributed by atoms with E-state index in [0.717, 1.165) is 22.3 Å². The normalized spacial score (nSPS) is 12.4. The summed E-state index contributed by atoms with van der Waals surface area (Å²) in [5.74, 6) is -1.61. The summed E-state index contributed by atoms with van der Waals surface area (Å²) in [5, 5.41) is 12.2. The molecular weight excluding hydrogens is 364 g/mol. The zero-order valence-corrected chi connectivity index (χ0v) is 15.7. The molecule has 0 unspecified atom stereocenters. The van der Waals surface area contributed by atoms with Crippen LogP contribution in [0.25, 0.3) is 11.1 Å². The smallest absolute Gasteiger partial charge is 0.305 e. The van der Waals surface area contributed by atoms with Gasteiger partial charge in [-0.05, 0) is 72.9 Å². The highest BCUT2D eigenvalue weighted by Crippen LogP contribution is 2.34. The van der Waals surface area contributed by atoms with Gasteiger partial charge in [0.15, 0.2) is 0 Å². The Labute approximate surface area is 152 Å². The largest absolute Gasteiger partial charge is 0.481 e. The molecule has 0 radical (unpaired) electrons. The first-order valence-electron chi connectivity index (χ1n) is 7.61. The summed E-state index contributed by atoms with van der Waals surface area (Å²) in [6.45, 7) is 5.45. The quantitative estimate of drug-likeness (QED) is 0.659. The molecule has 0 aromatic heterocycles. The lowest BCUT2D eigenvalue weighted by molar-refractivity contribution is -0.137. The molecule has 4 nitrogen and oxygen atoms in total. The molecule has 0 aliphatic rings. The van der Waals surface area contributed by atoms with Crippen LogP contribution in [-0.2, 0) is 9.36 Å². The van der Waals surface area contributed by atoms with E-state index < -0.39 is 26.4 Å². The number of rotatable bonds is 6. The van der Waals surface area contributed by atoms with E-state index in [4.69, 9.17) is 16.7 Å². The van der Waals surface area contributed by atoms with Crippen LogP contribution < -0.4 is 5.09 Å². The van der Waals surface area contributed by atoms with Crippen LogP contribution >= 0.6 is 20.2 Å². The third-order valence-corrected chi connectivity index (χ3v) is 4.67. The number of hydrogen-bond donors (Lipinski definition) is 2. The van der Waals surface area contributed by atoms with Gasteiger partial charge in [-0.1, -0.05) is 11.6 Å². The molecule has 132 valence electrons. The summed E-state index contributed by atoms with van der Waals surface area (Å²) in [7, 11) is -0.455. The Balaban J connectivity index is 2.65. The zero-order valence-electron chi connectivity index (χ0n) is 14.1. The average Bonchev–Trinajstić information content (AvgIpc) is 2.48. The van der Waals surface area contributed by atoms with Crippen LogP contribution in [0.2, 0.25) is 5.02 Å². The van der Waals surface area contributed by atoms with Crippen molar-refractivity contribution in [2.24, 2.45) is 0 Å². The Morgan fingerprint density at radius 1 is 1.20 bits per heavy atom. The minimum absolute atomic E-state index is 0.175. The number of nitrogens with one attached hydrogen (secondary N) is 1. The minimum atomic E-state index is -1.11. The van der Waals surface area contributed by atoms with Gasteiger partial charge in [0.2, 0.25) is 8.61 Å². The van der Waals surface area contributed by atoms with Gasteiger partial charge in [-0.3, -0.25) is 9.36 Å². The van der Waals surface area contributed by atoms with Gasteiger partial charge in [0.05, 0.1) is 12.5 Å². The van der Waals surface area contributed by atoms with Crippen LogP contribution in [0.3, 0.4) is 0 Å². The number of aryl methyl sites for hydroxylation is 3. The van der Waals surface area contributed by atoms with Crippen molar-refractivity contribution < 1.29 is 18.9 Å². The molecule has 0 fully saturated rings. The Bertz CT molecular complexity index is 818. The van der Waals surface area contributed by atoms with Crippen LogP contribution in [0.5, 0.6) is 0 Å². The minimum Gasteiger partial charge on any atom is -0.481 e. The molecule has 25 heavy (non-hydrogen) atoms. The first-order chi connectivity index (χ1) is 11.7. The van der Waals surface area contributed by atoms with Gasteiger partial charge < -0.3 is 5.11 Å². The fourth-order valence-electron chi connectivity index (χ4n) is 3.02. The molecule has 7 heteroatoms. The molecule has 1 atom stereocenters. The van der Waals surface area contributed by atoms with Crippen molar-refractivity contribution in [2.75, 3.05) is 0 Å². The summed E-state index contributed by atoms with van der Waals surface area (Å²) in [6.07, 6.45) is -0.381. The fourth-order valence-corrected chi connectivity index (χ4v) is 3.71. The van der Waals surface area contributed by atoms with E-state index >= 15 is 0 Å². The van der Waals surface area contributed by atoms with Crippen LogP contribution in [-0.4, -0.2) is 11.1 Å². The van der Waals surface area contributed by atoms with E-state index in [2.05, 4.69) is 5.09 Å². The van der Waals surface area contributed by atoms with E-state index in [1.165, 1.54) is 0 Å². The summed E-state index contributed by atoms with van der Waals surface area (Å²) in [5.41, 5.74) is 4.12. The van der Waals surface area contributed by atoms with Crippen LogP contribution in [0.1, 0.15) is 34.7 Å². The van der Waals surface area contributed by atoms with Gasteiger partial charge in [0.25, 0.3) is 0 Å². The van der Waals surface area contributed by atoms with Gasteiger partial charge in [-0.15, -0.1) is 0 Å². The Kier molecular flexibility index (Phi) is 6.28. The topological polar surface area (TPSA) is 66.4 Å². The average molecular weight is 382 g/mol. The first kappa shape index (κ1) is 19.5. The summed E-state index contributed by atoms with van der Waals surface area (Å²) >= 11 is 6.08. The van der Waals surface area contributed by atoms with Crippen LogP contribution in [0.15, 0.2) is 24.3 Å². The van der Waals surface area contributed by atoms with Gasteiger partial charge in [-0.25, -0.2) is 9.48 Å². The third kappa shape index (κ3) is 4.43. The zero-order chi connectivity index (χ0) is 18.7. The van der Waals surface area contributed by atoms with Crippen molar-refractivity contribution in [1.82, 2.24) is 5.09 Å². The monoisotopic (exact) mass is 381 g/mol. The second-order valence-electron chi connectivity index (χ2n) is 5.98. The summed E-state index contributed by atoms with van der Waals surface area (Å²) in [4.78, 5) is 11.1. The molecule has 0 aliphatic heterocycles. The van der Waals surface area contributed by atoms with E-state index in [-0.39, 0.29) is 12.0 Å². The maximum absolute atomic E-state index is 14.6. The van der Waals surface area contributed by atoms with E-state index in [9.17, 15) is 13.8 Å². The molecule has 2 N–H and O–H groups in total. The maximum atomic E-state index is 14.6. The van der Waals surface area contributed by atoms with Crippen molar-refractivity contribution in [3.63, 3.8) is 0 Å². The maximum Gasteiger partial charge on any atom is 0.305 e. The van der Waals surface area contributed by atoms with Crippen molar-refractivity contribution in [2.45, 2.75) is 33.2 Å². The van der Waals surface area contributed by atoms with Crippen molar-refractivity contribution in [1.29, 1.82) is 0 Å². The van der Waals surface area contributed by atoms with Crippen LogP contribution in [0, 0.1) is 26.6 Å². The number of hydrogen-bond acceptors (Lipinski definition) is 2. The standard InChI is InChI=1S/C18H18ClFNO3P/c1-9-5-13(19)6-10(2)17(9)12-4-11(3)18(20)14(7-12)15(21-25-24)8-16(22)23/h4-7,15H,8H2,1-3H3,(H,21,24)(H,22,23)/t15-/m0/s1. The molecule has 0 amide bonds. The highest BCUT2D eigenvalue weighted by atomic mass is 35.5. The SMILES string of the molecule is Cc1cc(-c2c(C)cc(Cl)cc2C)cc([C@H](CC(=O)O)NP=O)c1F. The van der Waals surface area contributed by atoms with E-state index in [1.807, 2.05) is 26.0 Å². The highest BCUT2D eigenvalue weighted by molar-refractivity contribution is 7.21. The number of benzene rings is 2. The molecule has 2 aromatic rings. The fraction of sp³-hybridized carbons (Fsp3) is 0.278. The first-order valence-corrected chi connectivity index (χ1v) is 8.80. The van der Waals surface area contributed by atoms with E-state index in [1.54, 1.807) is 19.1 Å². The second kappa shape index (κ2) is 8.05.